The molecule has 1 saturated carbocycles. The van der Waals surface area contributed by atoms with Gasteiger partial charge >= 0.3 is 0 Å². The third-order valence-electron chi connectivity index (χ3n) is 7.69. The Hall–Kier alpha value is -3.26. The van der Waals surface area contributed by atoms with Crippen molar-refractivity contribution >= 4 is 34.8 Å². The van der Waals surface area contributed by atoms with Gasteiger partial charge in [-0.1, -0.05) is 30.4 Å². The summed E-state index contributed by atoms with van der Waals surface area (Å²) in [7, 11) is 0. The van der Waals surface area contributed by atoms with Crippen LogP contribution in [0.25, 0.3) is 10.9 Å². The zero-order valence-electron chi connectivity index (χ0n) is 18.5. The van der Waals surface area contributed by atoms with Crippen LogP contribution in [0.4, 0.5) is 0 Å². The molecule has 2 saturated heterocycles. The van der Waals surface area contributed by atoms with E-state index < -0.39 is 0 Å². The first-order valence-electron chi connectivity index (χ1n) is 11.6. The third-order valence-corrected chi connectivity index (χ3v) is 7.69. The van der Waals surface area contributed by atoms with Crippen molar-refractivity contribution in [1.82, 2.24) is 14.5 Å². The number of rotatable bonds is 4. The molecule has 8 nitrogen and oxygen atoms in total. The van der Waals surface area contributed by atoms with Gasteiger partial charge in [-0.3, -0.25) is 14.4 Å². The number of carbonyl (C=O) groups excluding carboxylic acids is 3. The van der Waals surface area contributed by atoms with Gasteiger partial charge < -0.3 is 14.2 Å². The van der Waals surface area contributed by atoms with Crippen LogP contribution in [0.3, 0.4) is 0 Å². The number of carbonyl (C=O) groups is 3. The summed E-state index contributed by atoms with van der Waals surface area (Å²) in [5.41, 5.74) is 2.62. The maximum atomic E-state index is 13.0. The first-order valence-corrected chi connectivity index (χ1v) is 11.6. The van der Waals surface area contributed by atoms with E-state index >= 15 is 0 Å². The van der Waals surface area contributed by atoms with Crippen molar-refractivity contribution in [3.8, 4) is 0 Å². The predicted octanol–water partition coefficient (Wildman–Crippen LogP) is 1.95. The van der Waals surface area contributed by atoms with Crippen LogP contribution in [-0.4, -0.2) is 64.7 Å². The molecule has 4 atom stereocenters. The lowest BCUT2D eigenvalue weighted by Gasteiger charge is -2.27. The fourth-order valence-corrected chi connectivity index (χ4v) is 5.99. The fraction of sp³-hybridized carbons (Fsp3) is 0.440. The van der Waals surface area contributed by atoms with Gasteiger partial charge in [-0.25, -0.2) is 0 Å². The van der Waals surface area contributed by atoms with Crippen LogP contribution in [0.15, 0.2) is 41.5 Å². The molecule has 33 heavy (non-hydrogen) atoms. The number of fused-ring (bicyclic) bond motifs is 6. The molecule has 3 fully saturated rings. The molecule has 170 valence electrons. The number of amides is 3. The van der Waals surface area contributed by atoms with Gasteiger partial charge in [0.15, 0.2) is 0 Å². The summed E-state index contributed by atoms with van der Waals surface area (Å²) in [5.74, 6) is -0.551. The van der Waals surface area contributed by atoms with Crippen molar-refractivity contribution < 1.29 is 19.1 Å². The van der Waals surface area contributed by atoms with Crippen molar-refractivity contribution in [2.75, 3.05) is 26.3 Å². The molecule has 8 heteroatoms. The van der Waals surface area contributed by atoms with Gasteiger partial charge in [-0.2, -0.15) is 10.1 Å². The normalized spacial score (nSPS) is 28.6. The SMILES string of the molecule is Cc1c(C=NN2C(=O)[C@@H]3[C@H](C2=O)[C@H]2C=C[C@H]3C2)c2ccccc2n1CC(=O)N1CCOCC1. The van der Waals surface area contributed by atoms with Crippen LogP contribution in [-0.2, 0) is 25.7 Å². The molecular weight excluding hydrogens is 420 g/mol. The zero-order valence-corrected chi connectivity index (χ0v) is 18.5. The number of allylic oxidation sites excluding steroid dienone is 2. The molecule has 0 N–H and O–H groups in total. The summed E-state index contributed by atoms with van der Waals surface area (Å²) in [6.07, 6.45) is 6.66. The molecule has 2 bridgehead atoms. The summed E-state index contributed by atoms with van der Waals surface area (Å²) in [6, 6.07) is 7.83. The number of nitrogens with zero attached hydrogens (tertiary/aromatic N) is 4. The first kappa shape index (κ1) is 20.4. The van der Waals surface area contributed by atoms with Crippen LogP contribution in [0.2, 0.25) is 0 Å². The Morgan fingerprint density at radius 3 is 2.45 bits per heavy atom. The minimum atomic E-state index is -0.266. The molecule has 6 rings (SSSR count). The molecule has 0 spiro atoms. The molecule has 4 aliphatic rings. The number of morpholine rings is 1. The lowest BCUT2D eigenvalue weighted by molar-refractivity contribution is -0.140. The molecule has 0 unspecified atom stereocenters. The number of hydrogen-bond donors (Lipinski definition) is 0. The second-order valence-electron chi connectivity index (χ2n) is 9.33. The van der Waals surface area contributed by atoms with E-state index in [1.807, 2.05) is 40.7 Å². The quantitative estimate of drug-likeness (QED) is 0.408. The maximum Gasteiger partial charge on any atom is 0.254 e. The number of ether oxygens (including phenoxy) is 1. The van der Waals surface area contributed by atoms with E-state index in [1.165, 1.54) is 0 Å². The number of hydrazone groups is 1. The van der Waals surface area contributed by atoms with Gasteiger partial charge in [0.25, 0.3) is 11.8 Å². The number of hydrogen-bond acceptors (Lipinski definition) is 5. The summed E-state index contributed by atoms with van der Waals surface area (Å²) in [4.78, 5) is 40.7. The Labute approximate surface area is 191 Å². The second kappa shape index (κ2) is 7.66. The number of imide groups is 1. The van der Waals surface area contributed by atoms with Crippen LogP contribution in [0, 0.1) is 30.6 Å². The predicted molar refractivity (Wildman–Crippen MR) is 121 cm³/mol. The van der Waals surface area contributed by atoms with Gasteiger partial charge in [0, 0.05) is 35.2 Å². The summed E-state index contributed by atoms with van der Waals surface area (Å²) >= 11 is 0. The Morgan fingerprint density at radius 1 is 1.09 bits per heavy atom. The van der Waals surface area contributed by atoms with Crippen LogP contribution in [0.5, 0.6) is 0 Å². The molecule has 1 aromatic carbocycles. The molecular formula is C25H26N4O4. The van der Waals surface area contributed by atoms with Crippen LogP contribution in [0.1, 0.15) is 17.7 Å². The topological polar surface area (TPSA) is 84.2 Å². The second-order valence-corrected chi connectivity index (χ2v) is 9.33. The minimum absolute atomic E-state index is 0.0475. The highest BCUT2D eigenvalue weighted by Gasteiger charge is 2.59. The summed E-state index contributed by atoms with van der Waals surface area (Å²) in [6.45, 7) is 4.49. The average Bonchev–Trinajstić information content (AvgIpc) is 3.57. The van der Waals surface area contributed by atoms with Crippen molar-refractivity contribution in [2.45, 2.75) is 19.9 Å². The highest BCUT2D eigenvalue weighted by atomic mass is 16.5. The Morgan fingerprint density at radius 2 is 1.76 bits per heavy atom. The zero-order chi connectivity index (χ0) is 22.7. The lowest BCUT2D eigenvalue weighted by atomic mass is 9.85. The van der Waals surface area contributed by atoms with E-state index in [9.17, 15) is 14.4 Å². The molecule has 2 aliphatic heterocycles. The Bertz CT molecular complexity index is 1190. The fourth-order valence-electron chi connectivity index (χ4n) is 5.99. The summed E-state index contributed by atoms with van der Waals surface area (Å²) < 4.78 is 7.35. The average molecular weight is 447 g/mol. The molecule has 0 radical (unpaired) electrons. The molecule has 3 heterocycles. The highest BCUT2D eigenvalue weighted by molar-refractivity contribution is 6.08. The van der Waals surface area contributed by atoms with Gasteiger partial charge in [0.2, 0.25) is 5.91 Å². The maximum absolute atomic E-state index is 13.0. The van der Waals surface area contributed by atoms with E-state index in [0.717, 1.165) is 33.6 Å². The number of aromatic nitrogens is 1. The van der Waals surface area contributed by atoms with E-state index in [0.29, 0.717) is 26.3 Å². The Balaban J connectivity index is 1.30. The minimum Gasteiger partial charge on any atom is -0.378 e. The van der Waals surface area contributed by atoms with Gasteiger partial charge in [-0.05, 0) is 31.2 Å². The monoisotopic (exact) mass is 446 g/mol. The smallest absolute Gasteiger partial charge is 0.254 e. The van der Waals surface area contributed by atoms with Crippen molar-refractivity contribution in [3.63, 3.8) is 0 Å². The largest absolute Gasteiger partial charge is 0.378 e. The van der Waals surface area contributed by atoms with Crippen molar-refractivity contribution in [3.05, 3.63) is 47.7 Å². The van der Waals surface area contributed by atoms with Crippen molar-refractivity contribution in [1.29, 1.82) is 0 Å². The highest BCUT2D eigenvalue weighted by Crippen LogP contribution is 2.52. The van der Waals surface area contributed by atoms with Crippen LogP contribution < -0.4 is 0 Å². The number of para-hydroxylation sites is 1. The summed E-state index contributed by atoms with van der Waals surface area (Å²) in [5, 5.41) is 6.40. The molecule has 1 aromatic heterocycles. The Kier molecular flexibility index (Phi) is 4.72. The standard InChI is InChI=1S/C25H26N4O4/c1-15-19(13-26-29-24(31)22-16-6-7-17(12-16)23(22)25(29)32)18-4-2-3-5-20(18)28(15)14-21(30)27-8-10-33-11-9-27/h2-7,13,16-17,22-23H,8-12,14H2,1H3/t16-,17-,22-,23+/m0/s1. The van der Waals surface area contributed by atoms with Crippen molar-refractivity contribution in [2.24, 2.45) is 28.8 Å². The lowest BCUT2D eigenvalue weighted by Crippen LogP contribution is -2.42. The molecule has 2 aromatic rings. The van der Waals surface area contributed by atoms with E-state index in [2.05, 4.69) is 17.3 Å². The van der Waals surface area contributed by atoms with E-state index in [4.69, 9.17) is 4.74 Å². The molecule has 3 amide bonds. The van der Waals surface area contributed by atoms with Gasteiger partial charge in [0.1, 0.15) is 6.54 Å². The van der Waals surface area contributed by atoms with E-state index in [-0.39, 0.29) is 47.9 Å². The molecule has 2 aliphatic carbocycles. The first-order chi connectivity index (χ1) is 16.0. The van der Waals surface area contributed by atoms with E-state index in [1.54, 1.807) is 6.21 Å². The van der Waals surface area contributed by atoms with Crippen LogP contribution >= 0.6 is 0 Å². The number of benzene rings is 1. The van der Waals surface area contributed by atoms with Gasteiger partial charge in [0.05, 0.1) is 31.3 Å². The van der Waals surface area contributed by atoms with Gasteiger partial charge in [-0.15, -0.1) is 0 Å². The third kappa shape index (κ3) is 3.08.